The number of hydrogen-bond donors (Lipinski definition) is 2. The van der Waals surface area contributed by atoms with E-state index in [2.05, 4.69) is 17.2 Å². The van der Waals surface area contributed by atoms with Crippen molar-refractivity contribution in [3.05, 3.63) is 36.0 Å². The van der Waals surface area contributed by atoms with Crippen molar-refractivity contribution in [2.45, 2.75) is 45.1 Å². The molecule has 2 N–H and O–H groups in total. The van der Waals surface area contributed by atoms with Crippen LogP contribution in [0.25, 0.3) is 10.9 Å². The predicted octanol–water partition coefficient (Wildman–Crippen LogP) is 2.95. The number of esters is 1. The molecule has 0 aliphatic rings. The number of methoxy groups -OCH3 is 1. The van der Waals surface area contributed by atoms with Gasteiger partial charge in [-0.15, -0.1) is 0 Å². The molecule has 0 radical (unpaired) electrons. The van der Waals surface area contributed by atoms with Gasteiger partial charge in [-0.3, -0.25) is 4.79 Å². The molecule has 5 heteroatoms. The van der Waals surface area contributed by atoms with E-state index in [1.165, 1.54) is 7.11 Å². The molecule has 1 atom stereocenters. The van der Waals surface area contributed by atoms with Gasteiger partial charge in [0.2, 0.25) is 5.91 Å². The van der Waals surface area contributed by atoms with Crippen LogP contribution in [0.1, 0.15) is 38.2 Å². The van der Waals surface area contributed by atoms with Gasteiger partial charge in [-0.2, -0.15) is 0 Å². The van der Waals surface area contributed by atoms with E-state index in [1.54, 1.807) is 0 Å². The molecule has 1 amide bonds. The average Bonchev–Trinajstić information content (AvgIpc) is 2.97. The minimum Gasteiger partial charge on any atom is -0.467 e. The lowest BCUT2D eigenvalue weighted by atomic mass is 10.0. The van der Waals surface area contributed by atoms with Crippen molar-refractivity contribution >= 4 is 22.8 Å². The maximum atomic E-state index is 12.0. The highest BCUT2D eigenvalue weighted by Crippen LogP contribution is 2.19. The average molecular weight is 316 g/mol. The van der Waals surface area contributed by atoms with Gasteiger partial charge in [0.05, 0.1) is 7.11 Å². The molecular weight excluding hydrogens is 292 g/mol. The van der Waals surface area contributed by atoms with Crippen LogP contribution in [0.3, 0.4) is 0 Å². The molecule has 2 rings (SSSR count). The fourth-order valence-electron chi connectivity index (χ4n) is 2.66. The first-order chi connectivity index (χ1) is 11.2. The highest BCUT2D eigenvalue weighted by atomic mass is 16.5. The Hall–Kier alpha value is -2.30. The Morgan fingerprint density at radius 1 is 1.26 bits per heavy atom. The van der Waals surface area contributed by atoms with Crippen LogP contribution in [0, 0.1) is 0 Å². The highest BCUT2D eigenvalue weighted by Gasteiger charge is 2.23. The van der Waals surface area contributed by atoms with Crippen LogP contribution in [0.15, 0.2) is 30.5 Å². The summed E-state index contributed by atoms with van der Waals surface area (Å²) < 4.78 is 4.84. The smallest absolute Gasteiger partial charge is 0.328 e. The lowest BCUT2D eigenvalue weighted by molar-refractivity contribution is -0.145. The molecule has 1 heterocycles. The second kappa shape index (κ2) is 8.36. The lowest BCUT2D eigenvalue weighted by Gasteiger charge is -2.16. The quantitative estimate of drug-likeness (QED) is 0.581. The fourth-order valence-corrected chi connectivity index (χ4v) is 2.66. The SMILES string of the molecule is CCCCCC(=O)N[C@H](Cc1c[nH]c2ccccc12)C(=O)OC. The van der Waals surface area contributed by atoms with E-state index in [0.717, 1.165) is 35.7 Å². The van der Waals surface area contributed by atoms with Gasteiger partial charge in [-0.1, -0.05) is 38.0 Å². The normalized spacial score (nSPS) is 12.1. The van der Waals surface area contributed by atoms with Crippen LogP contribution in [0.2, 0.25) is 0 Å². The molecule has 0 saturated carbocycles. The topological polar surface area (TPSA) is 71.2 Å². The maximum Gasteiger partial charge on any atom is 0.328 e. The number of aromatic nitrogens is 1. The van der Waals surface area contributed by atoms with Crippen LogP contribution < -0.4 is 5.32 Å². The fraction of sp³-hybridized carbons (Fsp3) is 0.444. The first kappa shape index (κ1) is 17.1. The molecule has 1 aromatic heterocycles. The number of unbranched alkanes of at least 4 members (excludes halogenated alkanes) is 2. The third-order valence-electron chi connectivity index (χ3n) is 3.93. The predicted molar refractivity (Wildman–Crippen MR) is 90.1 cm³/mol. The van der Waals surface area contributed by atoms with E-state index >= 15 is 0 Å². The summed E-state index contributed by atoms with van der Waals surface area (Å²) in [5.41, 5.74) is 2.00. The number of hydrogen-bond acceptors (Lipinski definition) is 3. The van der Waals surface area contributed by atoms with Crippen molar-refractivity contribution in [2.75, 3.05) is 7.11 Å². The van der Waals surface area contributed by atoms with Crippen molar-refractivity contribution in [1.82, 2.24) is 10.3 Å². The molecule has 1 aromatic carbocycles. The molecule has 23 heavy (non-hydrogen) atoms. The van der Waals surface area contributed by atoms with Crippen LogP contribution >= 0.6 is 0 Å². The zero-order valence-electron chi connectivity index (χ0n) is 13.7. The van der Waals surface area contributed by atoms with Crippen molar-refractivity contribution in [1.29, 1.82) is 0 Å². The molecule has 0 unspecified atom stereocenters. The third-order valence-corrected chi connectivity index (χ3v) is 3.93. The Morgan fingerprint density at radius 3 is 2.78 bits per heavy atom. The van der Waals surface area contributed by atoms with E-state index in [0.29, 0.717) is 12.8 Å². The number of carbonyl (C=O) groups is 2. The van der Waals surface area contributed by atoms with Crippen LogP contribution in [-0.2, 0) is 20.7 Å². The molecule has 0 bridgehead atoms. The molecule has 0 spiro atoms. The summed E-state index contributed by atoms with van der Waals surface area (Å²) in [5.74, 6) is -0.521. The van der Waals surface area contributed by atoms with Gasteiger partial charge in [0.25, 0.3) is 0 Å². The maximum absolute atomic E-state index is 12.0. The number of nitrogens with one attached hydrogen (secondary N) is 2. The van der Waals surface area contributed by atoms with Gasteiger partial charge in [0.1, 0.15) is 6.04 Å². The zero-order chi connectivity index (χ0) is 16.7. The summed E-state index contributed by atoms with van der Waals surface area (Å²) in [6, 6.07) is 7.23. The number of fused-ring (bicyclic) bond motifs is 1. The first-order valence-corrected chi connectivity index (χ1v) is 8.08. The van der Waals surface area contributed by atoms with Gasteiger partial charge in [0.15, 0.2) is 0 Å². The van der Waals surface area contributed by atoms with Gasteiger partial charge in [-0.25, -0.2) is 4.79 Å². The number of aromatic amines is 1. The van der Waals surface area contributed by atoms with Crippen molar-refractivity contribution in [3.63, 3.8) is 0 Å². The van der Waals surface area contributed by atoms with Gasteiger partial charge < -0.3 is 15.0 Å². The van der Waals surface area contributed by atoms with E-state index in [4.69, 9.17) is 4.74 Å². The molecular formula is C18H24N2O3. The summed E-state index contributed by atoms with van der Waals surface area (Å²) in [6.07, 6.45) is 5.64. The highest BCUT2D eigenvalue weighted by molar-refractivity contribution is 5.87. The summed E-state index contributed by atoms with van der Waals surface area (Å²) in [6.45, 7) is 2.09. The largest absolute Gasteiger partial charge is 0.467 e. The van der Waals surface area contributed by atoms with Crippen molar-refractivity contribution < 1.29 is 14.3 Å². The molecule has 0 aliphatic carbocycles. The third kappa shape index (κ3) is 4.58. The monoisotopic (exact) mass is 316 g/mol. The Labute approximate surface area is 136 Å². The number of H-pyrrole nitrogens is 1. The van der Waals surface area contributed by atoms with Crippen LogP contribution in [-0.4, -0.2) is 30.0 Å². The van der Waals surface area contributed by atoms with Gasteiger partial charge in [-0.05, 0) is 18.1 Å². The first-order valence-electron chi connectivity index (χ1n) is 8.08. The summed E-state index contributed by atoms with van der Waals surface area (Å²) in [4.78, 5) is 27.2. The number of benzene rings is 1. The molecule has 0 fully saturated rings. The Morgan fingerprint density at radius 2 is 2.04 bits per heavy atom. The molecule has 0 saturated heterocycles. The Balaban J connectivity index is 2.06. The van der Waals surface area contributed by atoms with E-state index in [9.17, 15) is 9.59 Å². The number of ether oxygens (including phenoxy) is 1. The molecule has 124 valence electrons. The number of carbonyl (C=O) groups excluding carboxylic acids is 2. The van der Waals surface area contributed by atoms with E-state index in [-0.39, 0.29) is 5.91 Å². The second-order valence-electron chi connectivity index (χ2n) is 5.66. The summed E-state index contributed by atoms with van der Waals surface area (Å²) in [7, 11) is 1.34. The number of amides is 1. The van der Waals surface area contributed by atoms with Crippen LogP contribution in [0.5, 0.6) is 0 Å². The van der Waals surface area contributed by atoms with Crippen molar-refractivity contribution in [3.8, 4) is 0 Å². The van der Waals surface area contributed by atoms with E-state index < -0.39 is 12.0 Å². The minimum atomic E-state index is -0.659. The molecule has 5 nitrogen and oxygen atoms in total. The second-order valence-corrected chi connectivity index (χ2v) is 5.66. The standard InChI is InChI=1S/C18H24N2O3/c1-3-4-5-10-17(21)20-16(18(22)23-2)11-13-12-19-15-9-7-6-8-14(13)15/h6-9,12,16,19H,3-5,10-11H2,1-2H3,(H,20,21)/t16-/m1/s1. The lowest BCUT2D eigenvalue weighted by Crippen LogP contribution is -2.42. The Kier molecular flexibility index (Phi) is 6.20. The number of para-hydroxylation sites is 1. The van der Waals surface area contributed by atoms with Crippen LogP contribution in [0.4, 0.5) is 0 Å². The minimum absolute atomic E-state index is 0.103. The van der Waals surface area contributed by atoms with E-state index in [1.807, 2.05) is 30.5 Å². The van der Waals surface area contributed by atoms with Gasteiger partial charge >= 0.3 is 5.97 Å². The summed E-state index contributed by atoms with van der Waals surface area (Å²) in [5, 5.41) is 3.86. The van der Waals surface area contributed by atoms with Crippen molar-refractivity contribution in [2.24, 2.45) is 0 Å². The number of rotatable bonds is 8. The molecule has 0 aliphatic heterocycles. The van der Waals surface area contributed by atoms with Gasteiger partial charge in [0, 0.05) is 29.9 Å². The summed E-state index contributed by atoms with van der Waals surface area (Å²) >= 11 is 0. The zero-order valence-corrected chi connectivity index (χ0v) is 13.7. The Bertz CT molecular complexity index is 663. The molecule has 2 aromatic rings.